The molecule has 1 nitrogen and oxygen atoms in total. The minimum atomic E-state index is 0.731. The monoisotopic (exact) mass is 251 g/mol. The van der Waals surface area contributed by atoms with E-state index in [1.54, 1.807) is 5.56 Å². The highest BCUT2D eigenvalue weighted by Crippen LogP contribution is 2.38. The van der Waals surface area contributed by atoms with Crippen LogP contribution in [0.4, 0.5) is 0 Å². The van der Waals surface area contributed by atoms with Gasteiger partial charge in [-0.1, -0.05) is 13.8 Å². The fraction of sp³-hybridized carbons (Fsp3) is 0.600. The van der Waals surface area contributed by atoms with Crippen LogP contribution < -0.4 is 5.73 Å². The van der Waals surface area contributed by atoms with E-state index in [1.807, 2.05) is 13.8 Å². The molecule has 0 amide bonds. The summed E-state index contributed by atoms with van der Waals surface area (Å²) in [5.41, 5.74) is 10.1. The Morgan fingerprint density at radius 3 is 2.71 bits per heavy atom. The van der Waals surface area contributed by atoms with E-state index in [1.165, 1.54) is 30.4 Å². The maximum Gasteiger partial charge on any atom is 0.00456 e. The lowest BCUT2D eigenvalue weighted by Crippen LogP contribution is -2.02. The first-order valence-corrected chi connectivity index (χ1v) is 7.19. The van der Waals surface area contributed by atoms with E-state index in [0.717, 1.165) is 23.8 Å². The quantitative estimate of drug-likeness (QED) is 0.778. The Balaban J connectivity index is 0.000000686. The molecule has 96 valence electrons. The lowest BCUT2D eigenvalue weighted by atomic mass is 9.95. The van der Waals surface area contributed by atoms with E-state index in [9.17, 15) is 0 Å². The van der Waals surface area contributed by atoms with Crippen LogP contribution in [0, 0.1) is 6.92 Å². The van der Waals surface area contributed by atoms with Gasteiger partial charge in [-0.15, -0.1) is 12.6 Å². The molecule has 17 heavy (non-hydrogen) atoms. The molecule has 1 atom stereocenters. The van der Waals surface area contributed by atoms with Gasteiger partial charge >= 0.3 is 0 Å². The molecule has 0 fully saturated rings. The molecule has 2 heteroatoms. The predicted molar refractivity (Wildman–Crippen MR) is 79.1 cm³/mol. The highest BCUT2D eigenvalue weighted by molar-refractivity contribution is 7.80. The van der Waals surface area contributed by atoms with Crippen LogP contribution in [0.15, 0.2) is 17.0 Å². The lowest BCUT2D eigenvalue weighted by molar-refractivity contribution is 0.592. The summed E-state index contributed by atoms with van der Waals surface area (Å²) in [5.74, 6) is 0.731. The summed E-state index contributed by atoms with van der Waals surface area (Å²) >= 11 is 4.46. The second-order valence-corrected chi connectivity index (χ2v) is 5.01. The molecule has 0 radical (unpaired) electrons. The van der Waals surface area contributed by atoms with Gasteiger partial charge in [0.25, 0.3) is 0 Å². The molecular weight excluding hydrogens is 226 g/mol. The van der Waals surface area contributed by atoms with Gasteiger partial charge in [0.15, 0.2) is 0 Å². The molecule has 0 aromatic heterocycles. The van der Waals surface area contributed by atoms with Crippen molar-refractivity contribution in [3.63, 3.8) is 0 Å². The Bertz CT molecular complexity index is 360. The van der Waals surface area contributed by atoms with Gasteiger partial charge in [-0.3, -0.25) is 0 Å². The number of thiol groups is 1. The van der Waals surface area contributed by atoms with E-state index in [4.69, 9.17) is 5.73 Å². The largest absolute Gasteiger partial charge is 0.330 e. The van der Waals surface area contributed by atoms with Gasteiger partial charge in [0.2, 0.25) is 0 Å². The number of hydrogen-bond acceptors (Lipinski definition) is 2. The van der Waals surface area contributed by atoms with Crippen LogP contribution in [0.3, 0.4) is 0 Å². The van der Waals surface area contributed by atoms with Crippen LogP contribution in [0.2, 0.25) is 0 Å². The molecule has 0 heterocycles. The molecule has 1 aliphatic carbocycles. The fourth-order valence-electron chi connectivity index (χ4n) is 2.67. The van der Waals surface area contributed by atoms with Crippen LogP contribution >= 0.6 is 12.6 Å². The Hall–Kier alpha value is -0.470. The van der Waals surface area contributed by atoms with E-state index in [0.29, 0.717) is 0 Å². The van der Waals surface area contributed by atoms with Gasteiger partial charge in [0.05, 0.1) is 0 Å². The summed E-state index contributed by atoms with van der Waals surface area (Å²) in [6, 6.07) is 4.42. The van der Waals surface area contributed by atoms with Gasteiger partial charge in [-0.2, -0.15) is 0 Å². The second kappa shape index (κ2) is 7.07. The number of nitrogens with two attached hydrogens (primary N) is 1. The first-order valence-electron chi connectivity index (χ1n) is 6.75. The summed E-state index contributed by atoms with van der Waals surface area (Å²) in [6.07, 6.45) is 4.91. The molecule has 0 saturated heterocycles. The van der Waals surface area contributed by atoms with Gasteiger partial charge in [0, 0.05) is 4.90 Å². The van der Waals surface area contributed by atoms with Crippen molar-refractivity contribution >= 4 is 12.6 Å². The zero-order chi connectivity index (χ0) is 12.8. The van der Waals surface area contributed by atoms with Crippen LogP contribution in [-0.4, -0.2) is 6.54 Å². The molecule has 1 aromatic carbocycles. The number of rotatable bonds is 3. The molecule has 0 aliphatic heterocycles. The SMILES string of the molecule is CC.Cc1cc(S)cc2c1CC[C@H]2CCCN. The van der Waals surface area contributed by atoms with Crippen molar-refractivity contribution in [2.45, 2.75) is 57.3 Å². The maximum atomic E-state index is 5.57. The summed E-state index contributed by atoms with van der Waals surface area (Å²) in [4.78, 5) is 1.10. The minimum Gasteiger partial charge on any atom is -0.330 e. The fourth-order valence-corrected chi connectivity index (χ4v) is 3.00. The van der Waals surface area contributed by atoms with Gasteiger partial charge < -0.3 is 5.73 Å². The highest BCUT2D eigenvalue weighted by Gasteiger charge is 2.23. The Morgan fingerprint density at radius 1 is 1.35 bits per heavy atom. The van der Waals surface area contributed by atoms with Crippen molar-refractivity contribution in [1.29, 1.82) is 0 Å². The van der Waals surface area contributed by atoms with Crippen molar-refractivity contribution in [2.24, 2.45) is 5.73 Å². The first-order chi connectivity index (χ1) is 8.22. The Kier molecular flexibility index (Phi) is 6.07. The number of fused-ring (bicyclic) bond motifs is 1. The molecule has 2 rings (SSSR count). The van der Waals surface area contributed by atoms with Crippen molar-refractivity contribution in [1.82, 2.24) is 0 Å². The molecule has 0 saturated carbocycles. The summed E-state index contributed by atoms with van der Waals surface area (Å²) in [5, 5.41) is 0. The standard InChI is InChI=1S/C13H19NS.C2H6/c1-9-7-11(15)8-13-10(3-2-6-14)4-5-12(9)13;1-2/h7-8,10,15H,2-6,14H2,1H3;1-2H3/t10-;/m1./s1. The third kappa shape index (κ3) is 3.49. The van der Waals surface area contributed by atoms with Crippen LogP contribution in [0.5, 0.6) is 0 Å². The van der Waals surface area contributed by atoms with Gasteiger partial charge in [0.1, 0.15) is 0 Å². The van der Waals surface area contributed by atoms with Gasteiger partial charge in [-0.25, -0.2) is 0 Å². The molecular formula is C15H25NS. The average Bonchev–Trinajstić information content (AvgIpc) is 2.72. The number of aryl methyl sites for hydroxylation is 1. The number of hydrogen-bond donors (Lipinski definition) is 2. The van der Waals surface area contributed by atoms with Crippen LogP contribution in [0.25, 0.3) is 0 Å². The van der Waals surface area contributed by atoms with Crippen molar-refractivity contribution in [2.75, 3.05) is 6.54 Å². The summed E-state index contributed by atoms with van der Waals surface area (Å²) in [7, 11) is 0. The molecule has 1 aliphatic rings. The minimum absolute atomic E-state index is 0.731. The molecule has 0 spiro atoms. The first kappa shape index (κ1) is 14.6. The third-order valence-corrected chi connectivity index (χ3v) is 3.69. The topological polar surface area (TPSA) is 26.0 Å². The highest BCUT2D eigenvalue weighted by atomic mass is 32.1. The van der Waals surface area contributed by atoms with Crippen LogP contribution in [0.1, 0.15) is 55.7 Å². The van der Waals surface area contributed by atoms with Crippen LogP contribution in [-0.2, 0) is 6.42 Å². The van der Waals surface area contributed by atoms with Crippen molar-refractivity contribution in [3.05, 3.63) is 28.8 Å². The average molecular weight is 251 g/mol. The van der Waals surface area contributed by atoms with E-state index >= 15 is 0 Å². The van der Waals surface area contributed by atoms with Crippen molar-refractivity contribution < 1.29 is 0 Å². The molecule has 1 aromatic rings. The smallest absolute Gasteiger partial charge is 0.00456 e. The normalized spacial score (nSPS) is 17.4. The summed E-state index contributed by atoms with van der Waals surface area (Å²) < 4.78 is 0. The van der Waals surface area contributed by atoms with E-state index in [2.05, 4.69) is 31.7 Å². The maximum absolute atomic E-state index is 5.57. The Morgan fingerprint density at radius 2 is 2.06 bits per heavy atom. The predicted octanol–water partition coefficient (Wildman–Crippen LogP) is 4.08. The van der Waals surface area contributed by atoms with Gasteiger partial charge in [-0.05, 0) is 73.9 Å². The lowest BCUT2D eigenvalue weighted by Gasteiger charge is -2.12. The van der Waals surface area contributed by atoms with E-state index in [-0.39, 0.29) is 0 Å². The molecule has 0 unspecified atom stereocenters. The second-order valence-electron chi connectivity index (χ2n) is 4.50. The van der Waals surface area contributed by atoms with Crippen molar-refractivity contribution in [3.8, 4) is 0 Å². The zero-order valence-electron chi connectivity index (χ0n) is 11.3. The Labute approximate surface area is 111 Å². The zero-order valence-corrected chi connectivity index (χ0v) is 12.2. The molecule has 2 N–H and O–H groups in total. The van der Waals surface area contributed by atoms with E-state index < -0.39 is 0 Å². The summed E-state index contributed by atoms with van der Waals surface area (Å²) in [6.45, 7) is 7.01. The molecule has 0 bridgehead atoms. The third-order valence-electron chi connectivity index (χ3n) is 3.43. The number of benzene rings is 1.